The lowest BCUT2D eigenvalue weighted by molar-refractivity contribution is -0.121. The van der Waals surface area contributed by atoms with Crippen LogP contribution in [0.4, 0.5) is 5.82 Å². The number of carbonyl (C=O) groups is 2. The first-order valence-corrected chi connectivity index (χ1v) is 8.63. The van der Waals surface area contributed by atoms with Gasteiger partial charge in [0.05, 0.1) is 0 Å². The normalized spacial score (nSPS) is 11.7. The zero-order valence-electron chi connectivity index (χ0n) is 14.3. The van der Waals surface area contributed by atoms with E-state index < -0.39 is 0 Å². The fourth-order valence-electron chi connectivity index (χ4n) is 2.34. The smallest absolute Gasteiger partial charge is 0.225 e. The summed E-state index contributed by atoms with van der Waals surface area (Å²) in [5.74, 6) is 1.03. The van der Waals surface area contributed by atoms with Gasteiger partial charge in [-0.15, -0.1) is 0 Å². The Bertz CT molecular complexity index is 463. The molecule has 23 heavy (non-hydrogen) atoms. The molecule has 0 aliphatic rings. The molecule has 0 aliphatic heterocycles. The number of hydrogen-bond donors (Lipinski definition) is 2. The second-order valence-electron chi connectivity index (χ2n) is 5.84. The third-order valence-corrected chi connectivity index (χ3v) is 3.87. The van der Waals surface area contributed by atoms with Crippen molar-refractivity contribution in [2.45, 2.75) is 58.8 Å². The maximum Gasteiger partial charge on any atom is 0.225 e. The van der Waals surface area contributed by atoms with Gasteiger partial charge in [-0.2, -0.15) is 0 Å². The van der Waals surface area contributed by atoms with E-state index in [1.165, 1.54) is 19.3 Å². The summed E-state index contributed by atoms with van der Waals surface area (Å²) >= 11 is 0. The van der Waals surface area contributed by atoms with Crippen LogP contribution in [0.15, 0.2) is 24.4 Å². The predicted octanol–water partition coefficient (Wildman–Crippen LogP) is 3.52. The Morgan fingerprint density at radius 2 is 1.91 bits per heavy atom. The Kier molecular flexibility index (Phi) is 9.68. The molecule has 128 valence electrons. The summed E-state index contributed by atoms with van der Waals surface area (Å²) < 4.78 is 0. The van der Waals surface area contributed by atoms with Crippen LogP contribution < -0.4 is 10.6 Å². The second kappa shape index (κ2) is 11.6. The summed E-state index contributed by atoms with van der Waals surface area (Å²) in [6.07, 6.45) is 7.56. The van der Waals surface area contributed by atoms with Gasteiger partial charge in [0.1, 0.15) is 5.82 Å². The lowest BCUT2D eigenvalue weighted by Crippen LogP contribution is -2.29. The average molecular weight is 319 g/mol. The summed E-state index contributed by atoms with van der Waals surface area (Å²) in [4.78, 5) is 27.6. The van der Waals surface area contributed by atoms with Crippen LogP contribution in [0.25, 0.3) is 0 Å². The number of pyridine rings is 1. The first-order valence-electron chi connectivity index (χ1n) is 8.63. The molecular weight excluding hydrogens is 290 g/mol. The lowest BCUT2D eigenvalue weighted by Gasteiger charge is -2.15. The van der Waals surface area contributed by atoms with E-state index in [-0.39, 0.29) is 11.8 Å². The van der Waals surface area contributed by atoms with Crippen LogP contribution in [-0.2, 0) is 9.59 Å². The fourth-order valence-corrected chi connectivity index (χ4v) is 2.34. The van der Waals surface area contributed by atoms with Crippen molar-refractivity contribution in [1.29, 1.82) is 0 Å². The van der Waals surface area contributed by atoms with Crippen LogP contribution in [0.3, 0.4) is 0 Å². The minimum atomic E-state index is -0.106. The fraction of sp³-hybridized carbons (Fsp3) is 0.611. The van der Waals surface area contributed by atoms with Gasteiger partial charge in [-0.25, -0.2) is 4.98 Å². The summed E-state index contributed by atoms with van der Waals surface area (Å²) in [5, 5.41) is 5.70. The largest absolute Gasteiger partial charge is 0.356 e. The number of aromatic nitrogens is 1. The molecule has 0 saturated heterocycles. The van der Waals surface area contributed by atoms with Gasteiger partial charge in [0.2, 0.25) is 11.8 Å². The monoisotopic (exact) mass is 319 g/mol. The maximum absolute atomic E-state index is 11.8. The van der Waals surface area contributed by atoms with Gasteiger partial charge in [-0.3, -0.25) is 9.59 Å². The minimum absolute atomic E-state index is 0.0329. The van der Waals surface area contributed by atoms with Gasteiger partial charge in [0.25, 0.3) is 0 Å². The average Bonchev–Trinajstić information content (AvgIpc) is 2.56. The molecule has 0 aromatic carbocycles. The van der Waals surface area contributed by atoms with Gasteiger partial charge in [-0.05, 0) is 30.9 Å². The molecular formula is C18H29N3O2. The molecule has 2 amide bonds. The zero-order chi connectivity index (χ0) is 16.9. The number of hydrogen-bond acceptors (Lipinski definition) is 3. The Hall–Kier alpha value is -1.91. The van der Waals surface area contributed by atoms with Crippen LogP contribution in [0.5, 0.6) is 0 Å². The van der Waals surface area contributed by atoms with Crippen molar-refractivity contribution in [2.24, 2.45) is 5.92 Å². The molecule has 1 rings (SSSR count). The van der Waals surface area contributed by atoms with E-state index in [1.54, 1.807) is 18.3 Å². The van der Waals surface area contributed by atoms with E-state index in [2.05, 4.69) is 29.5 Å². The molecule has 1 heterocycles. The highest BCUT2D eigenvalue weighted by atomic mass is 16.2. The molecule has 0 spiro atoms. The quantitative estimate of drug-likeness (QED) is 0.655. The van der Waals surface area contributed by atoms with Crippen molar-refractivity contribution in [3.05, 3.63) is 24.4 Å². The molecule has 1 aromatic heterocycles. The highest BCUT2D eigenvalue weighted by molar-refractivity contribution is 5.90. The second-order valence-corrected chi connectivity index (χ2v) is 5.84. The molecule has 2 N–H and O–H groups in total. The Morgan fingerprint density at radius 3 is 2.57 bits per heavy atom. The highest BCUT2D eigenvalue weighted by Crippen LogP contribution is 2.11. The molecule has 0 bridgehead atoms. The van der Waals surface area contributed by atoms with Crippen molar-refractivity contribution >= 4 is 17.6 Å². The van der Waals surface area contributed by atoms with Gasteiger partial charge < -0.3 is 10.6 Å². The van der Waals surface area contributed by atoms with Gasteiger partial charge in [0, 0.05) is 25.6 Å². The summed E-state index contributed by atoms with van der Waals surface area (Å²) in [6.45, 7) is 5.09. The lowest BCUT2D eigenvalue weighted by atomic mass is 9.99. The number of anilines is 1. The number of unbranched alkanes of at least 4 members (excludes halogenated alkanes) is 1. The molecule has 0 aliphatic carbocycles. The highest BCUT2D eigenvalue weighted by Gasteiger charge is 2.09. The number of amides is 2. The minimum Gasteiger partial charge on any atom is -0.356 e. The van der Waals surface area contributed by atoms with E-state index >= 15 is 0 Å². The first-order chi connectivity index (χ1) is 11.2. The van der Waals surface area contributed by atoms with Crippen LogP contribution in [0, 0.1) is 5.92 Å². The number of carbonyl (C=O) groups excluding carboxylic acids is 2. The van der Waals surface area contributed by atoms with Crippen LogP contribution in [0.1, 0.15) is 58.8 Å². The van der Waals surface area contributed by atoms with E-state index in [9.17, 15) is 9.59 Å². The molecule has 0 fully saturated rings. The topological polar surface area (TPSA) is 71.1 Å². The molecule has 1 aromatic rings. The van der Waals surface area contributed by atoms with Crippen molar-refractivity contribution in [3.63, 3.8) is 0 Å². The van der Waals surface area contributed by atoms with Crippen molar-refractivity contribution in [1.82, 2.24) is 10.3 Å². The van der Waals surface area contributed by atoms with E-state index in [0.717, 1.165) is 13.0 Å². The van der Waals surface area contributed by atoms with E-state index in [0.29, 0.717) is 31.0 Å². The number of rotatable bonds is 11. The molecule has 1 atom stereocenters. The SMILES string of the molecule is CCCCC(CC)CNC(=O)CCCC(=O)Nc1ccccn1. The third kappa shape index (κ3) is 8.96. The van der Waals surface area contributed by atoms with E-state index in [1.807, 2.05) is 6.07 Å². The van der Waals surface area contributed by atoms with Crippen molar-refractivity contribution in [2.75, 3.05) is 11.9 Å². The maximum atomic E-state index is 11.8. The standard InChI is InChI=1S/C18H29N3O2/c1-3-5-9-15(4-2)14-20-17(22)11-8-12-18(23)21-16-10-6-7-13-19-16/h6-7,10,13,15H,3-5,8-9,11-12,14H2,1-2H3,(H,20,22)(H,19,21,23). The molecule has 1 unspecified atom stereocenters. The Morgan fingerprint density at radius 1 is 1.13 bits per heavy atom. The van der Waals surface area contributed by atoms with Crippen molar-refractivity contribution in [3.8, 4) is 0 Å². The van der Waals surface area contributed by atoms with E-state index in [4.69, 9.17) is 0 Å². The first kappa shape index (κ1) is 19.1. The summed E-state index contributed by atoms with van der Waals surface area (Å²) in [6, 6.07) is 5.36. The molecule has 5 heteroatoms. The van der Waals surface area contributed by atoms with Gasteiger partial charge in [-0.1, -0.05) is 39.2 Å². The Balaban J connectivity index is 2.14. The van der Waals surface area contributed by atoms with Gasteiger partial charge >= 0.3 is 0 Å². The number of nitrogens with zero attached hydrogens (tertiary/aromatic N) is 1. The molecule has 0 radical (unpaired) electrons. The number of nitrogens with one attached hydrogen (secondary N) is 2. The summed E-state index contributed by atoms with van der Waals surface area (Å²) in [5.41, 5.74) is 0. The third-order valence-electron chi connectivity index (χ3n) is 3.87. The Labute approximate surface area is 139 Å². The summed E-state index contributed by atoms with van der Waals surface area (Å²) in [7, 11) is 0. The van der Waals surface area contributed by atoms with Crippen LogP contribution in [-0.4, -0.2) is 23.3 Å². The van der Waals surface area contributed by atoms with Crippen LogP contribution in [0.2, 0.25) is 0 Å². The van der Waals surface area contributed by atoms with Crippen LogP contribution >= 0.6 is 0 Å². The predicted molar refractivity (Wildman–Crippen MR) is 93.0 cm³/mol. The molecule has 0 saturated carbocycles. The molecule has 5 nitrogen and oxygen atoms in total. The van der Waals surface area contributed by atoms with Gasteiger partial charge in [0.15, 0.2) is 0 Å². The zero-order valence-corrected chi connectivity index (χ0v) is 14.3. The van der Waals surface area contributed by atoms with Crippen molar-refractivity contribution < 1.29 is 9.59 Å².